The molecule has 0 bridgehead atoms. The molecule has 0 aromatic carbocycles. The molecule has 0 saturated carbocycles. The Morgan fingerprint density at radius 1 is 1.30 bits per heavy atom. The molecule has 0 unspecified atom stereocenters. The first-order valence-electron chi connectivity index (χ1n) is 6.86. The lowest BCUT2D eigenvalue weighted by Crippen LogP contribution is -2.32. The zero-order chi connectivity index (χ0) is 14.5. The molecule has 2 aromatic rings. The van der Waals surface area contributed by atoms with E-state index in [2.05, 4.69) is 27.7 Å². The summed E-state index contributed by atoms with van der Waals surface area (Å²) in [7, 11) is 0. The Bertz CT molecular complexity index is 606. The van der Waals surface area contributed by atoms with Gasteiger partial charge in [0.2, 0.25) is 0 Å². The number of pyridine rings is 1. The van der Waals surface area contributed by atoms with E-state index in [1.807, 2.05) is 13.8 Å². The van der Waals surface area contributed by atoms with Gasteiger partial charge >= 0.3 is 0 Å². The Hall–Kier alpha value is -1.95. The molecule has 0 atom stereocenters. The molecule has 2 heterocycles. The Morgan fingerprint density at radius 3 is 2.85 bits per heavy atom. The fourth-order valence-electron chi connectivity index (χ4n) is 2.06. The SMILES string of the molecule is CCCNCCNC(=O)c1cc(C)nc2onc(C)c12. The third kappa shape index (κ3) is 3.14. The largest absolute Gasteiger partial charge is 0.351 e. The zero-order valence-corrected chi connectivity index (χ0v) is 12.1. The Labute approximate surface area is 117 Å². The Morgan fingerprint density at radius 2 is 2.10 bits per heavy atom. The second-order valence-corrected chi connectivity index (χ2v) is 4.77. The summed E-state index contributed by atoms with van der Waals surface area (Å²) in [5, 5.41) is 10.7. The summed E-state index contributed by atoms with van der Waals surface area (Å²) >= 11 is 0. The lowest BCUT2D eigenvalue weighted by Gasteiger charge is -2.07. The van der Waals surface area contributed by atoms with Crippen LogP contribution >= 0.6 is 0 Å². The highest BCUT2D eigenvalue weighted by Gasteiger charge is 2.17. The van der Waals surface area contributed by atoms with Gasteiger partial charge < -0.3 is 15.2 Å². The van der Waals surface area contributed by atoms with Crippen LogP contribution in [0.25, 0.3) is 11.1 Å². The molecule has 0 aliphatic rings. The van der Waals surface area contributed by atoms with Gasteiger partial charge in [0, 0.05) is 18.8 Å². The quantitative estimate of drug-likeness (QED) is 0.783. The molecule has 0 radical (unpaired) electrons. The van der Waals surface area contributed by atoms with Gasteiger partial charge in [0.15, 0.2) is 0 Å². The van der Waals surface area contributed by atoms with Crippen molar-refractivity contribution in [2.24, 2.45) is 0 Å². The van der Waals surface area contributed by atoms with Crippen LogP contribution in [-0.2, 0) is 0 Å². The van der Waals surface area contributed by atoms with Gasteiger partial charge in [-0.25, -0.2) is 4.98 Å². The molecule has 20 heavy (non-hydrogen) atoms. The van der Waals surface area contributed by atoms with Gasteiger partial charge in [-0.3, -0.25) is 4.79 Å². The molecular formula is C14H20N4O2. The number of hydrogen-bond donors (Lipinski definition) is 2. The molecule has 1 amide bonds. The van der Waals surface area contributed by atoms with Crippen molar-refractivity contribution in [1.82, 2.24) is 20.8 Å². The molecule has 108 valence electrons. The number of amides is 1. The molecule has 0 spiro atoms. The first kappa shape index (κ1) is 14.5. The fraction of sp³-hybridized carbons (Fsp3) is 0.500. The maximum atomic E-state index is 12.3. The lowest BCUT2D eigenvalue weighted by molar-refractivity contribution is 0.0955. The number of nitrogens with zero attached hydrogens (tertiary/aromatic N) is 2. The van der Waals surface area contributed by atoms with Gasteiger partial charge in [0.25, 0.3) is 11.6 Å². The van der Waals surface area contributed by atoms with Gasteiger partial charge in [0.05, 0.1) is 16.6 Å². The molecule has 0 aliphatic carbocycles. The monoisotopic (exact) mass is 276 g/mol. The number of carbonyl (C=O) groups excluding carboxylic acids is 1. The highest BCUT2D eigenvalue weighted by molar-refractivity contribution is 6.06. The van der Waals surface area contributed by atoms with Crippen LogP contribution in [0.2, 0.25) is 0 Å². The van der Waals surface area contributed by atoms with Crippen molar-refractivity contribution in [3.63, 3.8) is 0 Å². The Kier molecular flexibility index (Phi) is 4.68. The predicted molar refractivity (Wildman–Crippen MR) is 76.8 cm³/mol. The van der Waals surface area contributed by atoms with Crippen LogP contribution in [0.4, 0.5) is 0 Å². The molecule has 0 fully saturated rings. The van der Waals surface area contributed by atoms with E-state index in [4.69, 9.17) is 4.52 Å². The number of rotatable bonds is 6. The average Bonchev–Trinajstić information content (AvgIpc) is 2.79. The lowest BCUT2D eigenvalue weighted by atomic mass is 10.1. The second-order valence-electron chi connectivity index (χ2n) is 4.77. The summed E-state index contributed by atoms with van der Waals surface area (Å²) < 4.78 is 5.12. The highest BCUT2D eigenvalue weighted by Crippen LogP contribution is 2.21. The number of hydrogen-bond acceptors (Lipinski definition) is 5. The summed E-state index contributed by atoms with van der Waals surface area (Å²) in [6.45, 7) is 8.05. The Balaban J connectivity index is 2.11. The molecule has 2 N–H and O–H groups in total. The third-order valence-corrected chi connectivity index (χ3v) is 3.00. The second kappa shape index (κ2) is 6.47. The average molecular weight is 276 g/mol. The zero-order valence-electron chi connectivity index (χ0n) is 12.1. The van der Waals surface area contributed by atoms with Crippen LogP contribution in [0.5, 0.6) is 0 Å². The van der Waals surface area contributed by atoms with Crippen molar-refractivity contribution in [2.45, 2.75) is 27.2 Å². The van der Waals surface area contributed by atoms with E-state index in [-0.39, 0.29) is 5.91 Å². The van der Waals surface area contributed by atoms with Gasteiger partial charge in [-0.05, 0) is 32.9 Å². The first-order valence-corrected chi connectivity index (χ1v) is 6.86. The van der Waals surface area contributed by atoms with Crippen LogP contribution in [0, 0.1) is 13.8 Å². The van der Waals surface area contributed by atoms with Gasteiger partial charge in [0.1, 0.15) is 0 Å². The summed E-state index contributed by atoms with van der Waals surface area (Å²) in [6, 6.07) is 1.77. The maximum Gasteiger partial charge on any atom is 0.258 e. The van der Waals surface area contributed by atoms with E-state index in [0.29, 0.717) is 28.9 Å². The van der Waals surface area contributed by atoms with Crippen molar-refractivity contribution in [3.05, 3.63) is 23.0 Å². The fourth-order valence-corrected chi connectivity index (χ4v) is 2.06. The van der Waals surface area contributed by atoms with E-state index < -0.39 is 0 Å². The molecule has 6 heteroatoms. The van der Waals surface area contributed by atoms with Crippen LogP contribution in [0.1, 0.15) is 35.1 Å². The standard InChI is InChI=1S/C14H20N4O2/c1-4-5-15-6-7-16-13(19)11-8-9(2)17-14-12(11)10(3)18-20-14/h8,15H,4-7H2,1-3H3,(H,16,19). The number of fused-ring (bicyclic) bond motifs is 1. The normalized spacial score (nSPS) is 10.9. The van der Waals surface area contributed by atoms with E-state index in [1.54, 1.807) is 6.07 Å². The molecule has 0 saturated heterocycles. The molecular weight excluding hydrogens is 256 g/mol. The number of aryl methyl sites for hydroxylation is 2. The first-order chi connectivity index (χ1) is 9.63. The molecule has 6 nitrogen and oxygen atoms in total. The molecule has 0 aliphatic heterocycles. The summed E-state index contributed by atoms with van der Waals surface area (Å²) in [4.78, 5) is 16.5. The summed E-state index contributed by atoms with van der Waals surface area (Å²) in [5.41, 5.74) is 2.41. The number of nitrogens with one attached hydrogen (secondary N) is 2. The summed E-state index contributed by atoms with van der Waals surface area (Å²) in [5.74, 6) is -0.120. The smallest absolute Gasteiger partial charge is 0.258 e. The van der Waals surface area contributed by atoms with Gasteiger partial charge in [-0.2, -0.15) is 0 Å². The van der Waals surface area contributed by atoms with Crippen LogP contribution < -0.4 is 10.6 Å². The molecule has 2 rings (SSSR count). The van der Waals surface area contributed by atoms with Gasteiger partial charge in [-0.1, -0.05) is 12.1 Å². The molecule has 2 aromatic heterocycles. The van der Waals surface area contributed by atoms with Crippen LogP contribution in [-0.4, -0.2) is 35.7 Å². The van der Waals surface area contributed by atoms with Crippen molar-refractivity contribution in [1.29, 1.82) is 0 Å². The minimum atomic E-state index is -0.120. The van der Waals surface area contributed by atoms with E-state index in [0.717, 1.165) is 25.2 Å². The number of carbonyl (C=O) groups is 1. The van der Waals surface area contributed by atoms with Crippen molar-refractivity contribution < 1.29 is 9.32 Å². The van der Waals surface area contributed by atoms with Crippen molar-refractivity contribution in [2.75, 3.05) is 19.6 Å². The van der Waals surface area contributed by atoms with Crippen LogP contribution in [0.3, 0.4) is 0 Å². The third-order valence-electron chi connectivity index (χ3n) is 3.00. The number of aromatic nitrogens is 2. The van der Waals surface area contributed by atoms with E-state index >= 15 is 0 Å². The van der Waals surface area contributed by atoms with Crippen molar-refractivity contribution in [3.8, 4) is 0 Å². The topological polar surface area (TPSA) is 80.0 Å². The summed E-state index contributed by atoms with van der Waals surface area (Å²) in [6.07, 6.45) is 1.08. The highest BCUT2D eigenvalue weighted by atomic mass is 16.5. The van der Waals surface area contributed by atoms with E-state index in [1.165, 1.54) is 0 Å². The van der Waals surface area contributed by atoms with E-state index in [9.17, 15) is 4.79 Å². The maximum absolute atomic E-state index is 12.3. The predicted octanol–water partition coefficient (Wildman–Crippen LogP) is 1.57. The van der Waals surface area contributed by atoms with Crippen molar-refractivity contribution >= 4 is 17.0 Å². The minimum Gasteiger partial charge on any atom is -0.351 e. The van der Waals surface area contributed by atoms with Crippen LogP contribution in [0.15, 0.2) is 10.6 Å². The minimum absolute atomic E-state index is 0.120. The van der Waals surface area contributed by atoms with Gasteiger partial charge in [-0.15, -0.1) is 0 Å².